The van der Waals surface area contributed by atoms with Crippen molar-refractivity contribution in [2.24, 2.45) is 0 Å². The topological polar surface area (TPSA) is 61.7 Å². The van der Waals surface area contributed by atoms with Gasteiger partial charge in [-0.05, 0) is 100 Å². The van der Waals surface area contributed by atoms with Crippen LogP contribution in [-0.4, -0.2) is 24.1 Å². The molecule has 0 N–H and O–H groups in total. The molecule has 8 aromatic carbocycles. The number of aromatic nitrogens is 5. The lowest BCUT2D eigenvalue weighted by atomic mass is 9.63. The highest BCUT2D eigenvalue weighted by molar-refractivity contribution is 6.25. The van der Waals surface area contributed by atoms with E-state index >= 15 is 0 Å². The zero-order valence-corrected chi connectivity index (χ0v) is 35.6. The SMILES string of the molecule is CC1(C)CCC(C)(C)c2cc3c(cc21)c1cc2c(cc1n3-c1nc(-c3ccccc3)nc(-c3cccc4oc5ccccc5c34)n1)c1c3ccccc3ccc1n2-c1ccccc1. The third-order valence-electron chi connectivity index (χ3n) is 14.0. The standard InChI is InChI=1S/C57H43N5O/c1-56(2)28-29-57(3,4)44-33-48-40(30-43(44)56)41-31-47-42(51-37-21-12-11-16-34(37)26-27-45(51)61(47)36-19-9-6-10-20-36)32-46(41)62(48)55-59-53(35-17-7-5-8-18-35)58-54(60-55)39-23-15-25-50-52(39)38-22-13-14-24-49(38)63-50/h5-27,30-33H,28-29H2,1-4H3. The third-order valence-corrected chi connectivity index (χ3v) is 14.0. The fourth-order valence-corrected chi connectivity index (χ4v) is 10.7. The molecular formula is C57H43N5O. The number of hydrogen-bond donors (Lipinski definition) is 0. The average Bonchev–Trinajstić information content (AvgIpc) is 3.97. The fraction of sp³-hybridized carbons (Fsp3) is 0.140. The van der Waals surface area contributed by atoms with Crippen LogP contribution in [0, 0.1) is 0 Å². The number of hydrogen-bond acceptors (Lipinski definition) is 4. The van der Waals surface area contributed by atoms with Crippen LogP contribution in [0.5, 0.6) is 0 Å². The second kappa shape index (κ2) is 13.0. The van der Waals surface area contributed by atoms with E-state index in [0.29, 0.717) is 17.6 Å². The Bertz CT molecular complexity index is 3850. The smallest absolute Gasteiger partial charge is 0.238 e. The Morgan fingerprint density at radius 3 is 1.87 bits per heavy atom. The van der Waals surface area contributed by atoms with Gasteiger partial charge in [0.1, 0.15) is 11.2 Å². The highest BCUT2D eigenvalue weighted by Crippen LogP contribution is 2.50. The van der Waals surface area contributed by atoms with Crippen LogP contribution in [0.25, 0.3) is 111 Å². The number of fused-ring (bicyclic) bond motifs is 12. The molecule has 0 aliphatic heterocycles. The van der Waals surface area contributed by atoms with Gasteiger partial charge < -0.3 is 8.98 Å². The van der Waals surface area contributed by atoms with Gasteiger partial charge in [0.25, 0.3) is 0 Å². The highest BCUT2D eigenvalue weighted by atomic mass is 16.3. The largest absolute Gasteiger partial charge is 0.456 e. The van der Waals surface area contributed by atoms with Gasteiger partial charge in [0.05, 0.1) is 22.1 Å². The first kappa shape index (κ1) is 36.1. The van der Waals surface area contributed by atoms with Gasteiger partial charge in [0.2, 0.25) is 5.95 Å². The molecule has 0 bridgehead atoms. The van der Waals surface area contributed by atoms with Crippen LogP contribution in [0.3, 0.4) is 0 Å². The molecule has 1 aliphatic rings. The van der Waals surface area contributed by atoms with Gasteiger partial charge in [0.15, 0.2) is 11.6 Å². The van der Waals surface area contributed by atoms with Gasteiger partial charge in [-0.25, -0.2) is 4.98 Å². The molecule has 1 aliphatic carbocycles. The Labute approximate surface area is 364 Å². The van der Waals surface area contributed by atoms with Gasteiger partial charge in [-0.1, -0.05) is 137 Å². The summed E-state index contributed by atoms with van der Waals surface area (Å²) in [4.78, 5) is 16.2. The predicted molar refractivity (Wildman–Crippen MR) is 259 cm³/mol. The van der Waals surface area contributed by atoms with E-state index in [1.807, 2.05) is 42.5 Å². The first-order valence-electron chi connectivity index (χ1n) is 22.0. The van der Waals surface area contributed by atoms with Crippen molar-refractivity contribution in [2.45, 2.75) is 51.4 Å². The van der Waals surface area contributed by atoms with Gasteiger partial charge in [-0.3, -0.25) is 4.57 Å². The molecule has 6 heteroatoms. The predicted octanol–water partition coefficient (Wildman–Crippen LogP) is 14.8. The first-order valence-corrected chi connectivity index (χ1v) is 22.0. The molecular weight excluding hydrogens is 771 g/mol. The molecule has 302 valence electrons. The summed E-state index contributed by atoms with van der Waals surface area (Å²) in [5, 5.41) is 9.23. The van der Waals surface area contributed by atoms with Crippen LogP contribution in [0.1, 0.15) is 51.7 Å². The average molecular weight is 814 g/mol. The maximum Gasteiger partial charge on any atom is 0.238 e. The minimum Gasteiger partial charge on any atom is -0.456 e. The van der Waals surface area contributed by atoms with Crippen LogP contribution in [-0.2, 0) is 10.8 Å². The minimum atomic E-state index is -0.0124. The molecule has 0 unspecified atom stereocenters. The monoisotopic (exact) mass is 813 g/mol. The van der Waals surface area contributed by atoms with Crippen LogP contribution in [0.15, 0.2) is 168 Å². The maximum atomic E-state index is 6.40. The van der Waals surface area contributed by atoms with Gasteiger partial charge in [0, 0.05) is 49.1 Å². The molecule has 12 aromatic rings. The molecule has 13 rings (SSSR count). The third kappa shape index (κ3) is 5.27. The van der Waals surface area contributed by atoms with Crippen LogP contribution in [0.4, 0.5) is 0 Å². The summed E-state index contributed by atoms with van der Waals surface area (Å²) >= 11 is 0. The molecule has 4 heterocycles. The lowest BCUT2D eigenvalue weighted by Gasteiger charge is -2.42. The van der Waals surface area contributed by atoms with Crippen molar-refractivity contribution in [1.29, 1.82) is 0 Å². The van der Waals surface area contributed by atoms with E-state index in [0.717, 1.165) is 73.5 Å². The summed E-state index contributed by atoms with van der Waals surface area (Å²) in [6.45, 7) is 9.62. The molecule has 6 nitrogen and oxygen atoms in total. The number of nitrogens with zero attached hydrogens (tertiary/aromatic N) is 5. The van der Waals surface area contributed by atoms with Crippen molar-refractivity contribution in [3.05, 3.63) is 175 Å². The Balaban J connectivity index is 1.21. The normalized spacial score (nSPS) is 14.8. The van der Waals surface area contributed by atoms with E-state index in [2.05, 4.69) is 158 Å². The Hall–Kier alpha value is -7.57. The van der Waals surface area contributed by atoms with Crippen molar-refractivity contribution >= 4 is 76.3 Å². The summed E-state index contributed by atoms with van der Waals surface area (Å²) < 4.78 is 11.2. The van der Waals surface area contributed by atoms with Crippen molar-refractivity contribution in [2.75, 3.05) is 0 Å². The summed E-state index contributed by atoms with van der Waals surface area (Å²) in [6.07, 6.45) is 2.24. The lowest BCUT2D eigenvalue weighted by Crippen LogP contribution is -2.33. The van der Waals surface area contributed by atoms with Crippen LogP contribution < -0.4 is 0 Å². The number of furan rings is 1. The van der Waals surface area contributed by atoms with E-state index in [1.54, 1.807) is 0 Å². The second-order valence-corrected chi connectivity index (χ2v) is 18.7. The maximum absolute atomic E-state index is 6.40. The zero-order chi connectivity index (χ0) is 42.2. The molecule has 0 fully saturated rings. The fourth-order valence-electron chi connectivity index (χ4n) is 10.7. The Morgan fingerprint density at radius 1 is 0.444 bits per heavy atom. The number of benzene rings is 8. The summed E-state index contributed by atoms with van der Waals surface area (Å²) in [7, 11) is 0. The number of rotatable bonds is 4. The molecule has 0 amide bonds. The molecule has 4 aromatic heterocycles. The van der Waals surface area contributed by atoms with E-state index in [-0.39, 0.29) is 10.8 Å². The Morgan fingerprint density at radius 2 is 1.06 bits per heavy atom. The molecule has 0 radical (unpaired) electrons. The van der Waals surface area contributed by atoms with Crippen molar-refractivity contribution in [3.63, 3.8) is 0 Å². The van der Waals surface area contributed by atoms with Crippen molar-refractivity contribution in [3.8, 4) is 34.4 Å². The molecule has 0 saturated heterocycles. The summed E-state index contributed by atoms with van der Waals surface area (Å²) in [6, 6.07) is 58.5. The molecule has 0 spiro atoms. The minimum absolute atomic E-state index is 0.0124. The molecule has 63 heavy (non-hydrogen) atoms. The summed E-state index contributed by atoms with van der Waals surface area (Å²) in [5.74, 6) is 1.79. The molecule has 0 atom stereocenters. The first-order chi connectivity index (χ1) is 30.7. The van der Waals surface area contributed by atoms with Crippen LogP contribution >= 0.6 is 0 Å². The Kier molecular flexibility index (Phi) is 7.44. The second-order valence-electron chi connectivity index (χ2n) is 18.7. The van der Waals surface area contributed by atoms with E-state index in [4.69, 9.17) is 19.4 Å². The van der Waals surface area contributed by atoms with Gasteiger partial charge in [-0.2, -0.15) is 9.97 Å². The molecule has 0 saturated carbocycles. The van der Waals surface area contributed by atoms with E-state index in [1.165, 1.54) is 43.6 Å². The quantitative estimate of drug-likeness (QED) is 0.178. The summed E-state index contributed by atoms with van der Waals surface area (Å²) in [5.41, 5.74) is 11.9. The van der Waals surface area contributed by atoms with Gasteiger partial charge >= 0.3 is 0 Å². The van der Waals surface area contributed by atoms with E-state index < -0.39 is 0 Å². The highest BCUT2D eigenvalue weighted by Gasteiger charge is 2.38. The van der Waals surface area contributed by atoms with E-state index in [9.17, 15) is 0 Å². The van der Waals surface area contributed by atoms with Crippen LogP contribution in [0.2, 0.25) is 0 Å². The van der Waals surface area contributed by atoms with Crippen molar-refractivity contribution in [1.82, 2.24) is 24.1 Å². The number of para-hydroxylation sites is 2. The van der Waals surface area contributed by atoms with Gasteiger partial charge in [-0.15, -0.1) is 0 Å². The zero-order valence-electron chi connectivity index (χ0n) is 35.6. The van der Waals surface area contributed by atoms with Crippen molar-refractivity contribution < 1.29 is 4.42 Å². The lowest BCUT2D eigenvalue weighted by molar-refractivity contribution is 0.332.